The molecule has 0 bridgehead atoms. The predicted octanol–water partition coefficient (Wildman–Crippen LogP) is 3.32. The number of carbonyl (C=O) groups is 2. The third-order valence-electron chi connectivity index (χ3n) is 4.42. The molecule has 1 N–H and O–H groups in total. The van der Waals surface area contributed by atoms with Crippen LogP contribution in [0.4, 0.5) is 4.79 Å². The van der Waals surface area contributed by atoms with Gasteiger partial charge in [-0.25, -0.2) is 4.79 Å². The number of hydrogen-bond acceptors (Lipinski definition) is 4. The van der Waals surface area contributed by atoms with E-state index in [1.807, 2.05) is 61.5 Å². The Morgan fingerprint density at radius 3 is 2.50 bits per heavy atom. The summed E-state index contributed by atoms with van der Waals surface area (Å²) in [6.45, 7) is 3.96. The van der Waals surface area contributed by atoms with E-state index in [9.17, 15) is 9.59 Å². The maximum absolute atomic E-state index is 12.4. The molecule has 1 unspecified atom stereocenters. The number of hydrogen-bond donors (Lipinski definition) is 1. The van der Waals surface area contributed by atoms with Gasteiger partial charge >= 0.3 is 6.03 Å². The van der Waals surface area contributed by atoms with Crippen LogP contribution in [0.3, 0.4) is 0 Å². The minimum absolute atomic E-state index is 0.357. The molecule has 134 valence electrons. The quantitative estimate of drug-likeness (QED) is 0.641. The van der Waals surface area contributed by atoms with Crippen molar-refractivity contribution >= 4 is 18.2 Å². The molecule has 6 heteroatoms. The van der Waals surface area contributed by atoms with Gasteiger partial charge in [-0.05, 0) is 31.0 Å². The van der Waals surface area contributed by atoms with Crippen LogP contribution in [0.5, 0.6) is 5.75 Å². The maximum Gasteiger partial charge on any atom is 0.346 e. The van der Waals surface area contributed by atoms with E-state index in [1.165, 1.54) is 6.21 Å². The van der Waals surface area contributed by atoms with Gasteiger partial charge < -0.3 is 10.1 Å². The molecule has 1 saturated heterocycles. The average Bonchev–Trinajstić information content (AvgIpc) is 2.89. The number of para-hydroxylation sites is 1. The Morgan fingerprint density at radius 2 is 1.81 bits per heavy atom. The molecule has 3 rings (SSSR count). The van der Waals surface area contributed by atoms with Crippen molar-refractivity contribution < 1.29 is 14.3 Å². The van der Waals surface area contributed by atoms with E-state index in [4.69, 9.17) is 4.74 Å². The summed E-state index contributed by atoms with van der Waals surface area (Å²) >= 11 is 0. The van der Waals surface area contributed by atoms with E-state index >= 15 is 0 Å². The fraction of sp³-hybridized carbons (Fsp3) is 0.250. The summed E-state index contributed by atoms with van der Waals surface area (Å²) in [6, 6.07) is 16.7. The highest BCUT2D eigenvalue weighted by Crippen LogP contribution is 2.22. The summed E-state index contributed by atoms with van der Waals surface area (Å²) in [5.41, 5.74) is 0.832. The summed E-state index contributed by atoms with van der Waals surface area (Å²) < 4.78 is 5.86. The summed E-state index contributed by atoms with van der Waals surface area (Å²) in [4.78, 5) is 24.4. The van der Waals surface area contributed by atoms with Crippen molar-refractivity contribution in [1.82, 2.24) is 10.3 Å². The molecule has 1 heterocycles. The van der Waals surface area contributed by atoms with E-state index in [0.717, 1.165) is 10.6 Å². The van der Waals surface area contributed by atoms with Crippen molar-refractivity contribution in [2.45, 2.75) is 32.4 Å². The molecule has 1 atom stereocenters. The van der Waals surface area contributed by atoms with Gasteiger partial charge in [-0.1, -0.05) is 49.4 Å². The number of amides is 3. The molecular formula is C20H21N3O3. The maximum atomic E-state index is 12.4. The number of ether oxygens (including phenoxy) is 1. The van der Waals surface area contributed by atoms with Crippen molar-refractivity contribution in [3.63, 3.8) is 0 Å². The molecule has 2 aromatic rings. The fourth-order valence-electron chi connectivity index (χ4n) is 2.59. The third kappa shape index (κ3) is 3.59. The van der Waals surface area contributed by atoms with E-state index in [2.05, 4.69) is 10.4 Å². The van der Waals surface area contributed by atoms with Crippen molar-refractivity contribution in [1.29, 1.82) is 0 Å². The van der Waals surface area contributed by atoms with Gasteiger partial charge in [0.1, 0.15) is 17.9 Å². The van der Waals surface area contributed by atoms with E-state index in [-0.39, 0.29) is 5.91 Å². The highest BCUT2D eigenvalue weighted by Gasteiger charge is 2.46. The molecule has 26 heavy (non-hydrogen) atoms. The zero-order chi connectivity index (χ0) is 18.6. The summed E-state index contributed by atoms with van der Waals surface area (Å²) in [6.07, 6.45) is 1.97. The van der Waals surface area contributed by atoms with Crippen LogP contribution in [-0.4, -0.2) is 28.7 Å². The first-order chi connectivity index (χ1) is 12.5. The van der Waals surface area contributed by atoms with Crippen molar-refractivity contribution in [3.8, 4) is 5.75 Å². The Kier molecular flexibility index (Phi) is 5.02. The van der Waals surface area contributed by atoms with Crippen LogP contribution >= 0.6 is 0 Å². The Morgan fingerprint density at radius 1 is 1.12 bits per heavy atom. The molecule has 6 nitrogen and oxygen atoms in total. The minimum Gasteiger partial charge on any atom is -0.488 e. The molecule has 0 saturated carbocycles. The van der Waals surface area contributed by atoms with Gasteiger partial charge in [-0.3, -0.25) is 4.79 Å². The SMILES string of the molecule is CCC1(C)NC(=O)N(/N=C/c2ccccc2OCc2ccccc2)C1=O. The van der Waals surface area contributed by atoms with Crippen LogP contribution in [0, 0.1) is 0 Å². The minimum atomic E-state index is -0.905. The summed E-state index contributed by atoms with van der Waals surface area (Å²) in [5.74, 6) is 0.273. The van der Waals surface area contributed by atoms with Crippen LogP contribution in [-0.2, 0) is 11.4 Å². The topological polar surface area (TPSA) is 71.0 Å². The van der Waals surface area contributed by atoms with Gasteiger partial charge in [0, 0.05) is 5.56 Å². The van der Waals surface area contributed by atoms with Crippen molar-refractivity contribution in [2.75, 3.05) is 0 Å². The van der Waals surface area contributed by atoms with E-state index in [1.54, 1.807) is 6.92 Å². The number of carbonyl (C=O) groups excluding carboxylic acids is 2. The number of imide groups is 1. The molecule has 2 aromatic carbocycles. The molecule has 3 amide bonds. The zero-order valence-electron chi connectivity index (χ0n) is 14.8. The first-order valence-electron chi connectivity index (χ1n) is 8.50. The number of hydrazone groups is 1. The molecular weight excluding hydrogens is 330 g/mol. The lowest BCUT2D eigenvalue weighted by Gasteiger charge is -2.17. The molecule has 0 spiro atoms. The van der Waals surface area contributed by atoms with Gasteiger partial charge in [-0.2, -0.15) is 5.10 Å². The van der Waals surface area contributed by atoms with E-state index in [0.29, 0.717) is 24.3 Å². The average molecular weight is 351 g/mol. The first kappa shape index (κ1) is 17.7. The molecule has 0 radical (unpaired) electrons. The first-order valence-corrected chi connectivity index (χ1v) is 8.50. The Hall–Kier alpha value is -3.15. The fourth-order valence-corrected chi connectivity index (χ4v) is 2.59. The van der Waals surface area contributed by atoms with Gasteiger partial charge in [0.05, 0.1) is 6.21 Å². The second-order valence-electron chi connectivity index (χ2n) is 6.29. The smallest absolute Gasteiger partial charge is 0.346 e. The lowest BCUT2D eigenvalue weighted by atomic mass is 10.00. The standard InChI is InChI=1S/C20H21N3O3/c1-3-20(2)18(24)23(19(25)22-20)21-13-16-11-7-8-12-17(16)26-14-15-9-5-4-6-10-15/h4-13H,3,14H2,1-2H3,(H,22,25)/b21-13+. The monoisotopic (exact) mass is 351 g/mol. The van der Waals surface area contributed by atoms with Crippen LogP contribution in [0.2, 0.25) is 0 Å². The Balaban J connectivity index is 1.75. The van der Waals surface area contributed by atoms with Crippen molar-refractivity contribution in [2.24, 2.45) is 5.10 Å². The van der Waals surface area contributed by atoms with Gasteiger partial charge in [0.15, 0.2) is 0 Å². The predicted molar refractivity (Wildman–Crippen MR) is 98.9 cm³/mol. The van der Waals surface area contributed by atoms with Gasteiger partial charge in [0.2, 0.25) is 0 Å². The number of benzene rings is 2. The van der Waals surface area contributed by atoms with Crippen LogP contribution in [0.25, 0.3) is 0 Å². The Bertz CT molecular complexity index is 835. The second-order valence-corrected chi connectivity index (χ2v) is 6.29. The largest absolute Gasteiger partial charge is 0.488 e. The second kappa shape index (κ2) is 7.39. The lowest BCUT2D eigenvalue weighted by Crippen LogP contribution is -2.42. The van der Waals surface area contributed by atoms with Gasteiger partial charge in [-0.15, -0.1) is 5.01 Å². The highest BCUT2D eigenvalue weighted by atomic mass is 16.5. The van der Waals surface area contributed by atoms with E-state index < -0.39 is 11.6 Å². The third-order valence-corrected chi connectivity index (χ3v) is 4.42. The number of nitrogens with zero attached hydrogens (tertiary/aromatic N) is 2. The molecule has 0 aliphatic carbocycles. The normalized spacial score (nSPS) is 19.8. The molecule has 1 aliphatic rings. The number of rotatable bonds is 6. The molecule has 0 aromatic heterocycles. The van der Waals surface area contributed by atoms with Crippen LogP contribution < -0.4 is 10.1 Å². The van der Waals surface area contributed by atoms with Crippen LogP contribution in [0.1, 0.15) is 31.4 Å². The Labute approximate surface area is 152 Å². The highest BCUT2D eigenvalue weighted by molar-refractivity contribution is 6.07. The number of nitrogens with one attached hydrogen (secondary N) is 1. The zero-order valence-corrected chi connectivity index (χ0v) is 14.8. The van der Waals surface area contributed by atoms with Crippen LogP contribution in [0.15, 0.2) is 59.7 Å². The van der Waals surface area contributed by atoms with Crippen molar-refractivity contribution in [3.05, 3.63) is 65.7 Å². The summed E-state index contributed by atoms with van der Waals surface area (Å²) in [5, 5.41) is 7.62. The number of urea groups is 1. The lowest BCUT2D eigenvalue weighted by molar-refractivity contribution is -0.130. The molecule has 1 aliphatic heterocycles. The molecule has 1 fully saturated rings. The van der Waals surface area contributed by atoms with Gasteiger partial charge in [0.25, 0.3) is 5.91 Å². The summed E-state index contributed by atoms with van der Waals surface area (Å²) in [7, 11) is 0.